The van der Waals surface area contributed by atoms with Gasteiger partial charge in [-0.1, -0.05) is 36.4 Å². The molecule has 0 fully saturated rings. The average Bonchev–Trinajstić information content (AvgIpc) is 3.25. The number of hydrogen-bond acceptors (Lipinski definition) is 14. The fraction of sp³-hybridized carbons (Fsp3) is 0.118. The summed E-state index contributed by atoms with van der Waals surface area (Å²) in [6, 6.07) is 31.0. The molecule has 6 heterocycles. The zero-order valence-corrected chi connectivity index (χ0v) is 39.4. The second-order valence-corrected chi connectivity index (χ2v) is 18.1. The molecular weight excluding hydrogens is 1160 g/mol. The molecule has 22 nitrogen and oxygen atoms in total. The number of halogens is 12. The summed E-state index contributed by atoms with van der Waals surface area (Å²) in [5, 5.41) is 61.1. The molecule has 0 saturated heterocycles. The molecule has 0 aliphatic carbocycles. The van der Waals surface area contributed by atoms with Crippen molar-refractivity contribution in [1.82, 2.24) is 0 Å². The largest absolute Gasteiger partial charge is 2.00 e. The number of rotatable bonds is 4. The molecule has 0 spiro atoms. The molecule has 0 atom stereocenters. The Morgan fingerprint density at radius 1 is 0.247 bits per heavy atom. The van der Waals surface area contributed by atoms with Crippen molar-refractivity contribution >= 4 is 40.1 Å². The van der Waals surface area contributed by atoms with Crippen LogP contribution in [0.3, 0.4) is 0 Å². The number of nitrogens with zero attached hydrogens (tertiary/aromatic N) is 8. The zero-order valence-electron chi connectivity index (χ0n) is 35.1. The Morgan fingerprint density at radius 3 is 0.397 bits per heavy atom. The molecular formula is C34H30CoF12N8O14S4. The van der Waals surface area contributed by atoms with Crippen LogP contribution in [0.25, 0.3) is 8.25 Å². The third-order valence-electron chi connectivity index (χ3n) is 5.69. The average molecular weight is 1190 g/mol. The topological polar surface area (TPSA) is 326 Å². The Labute approximate surface area is 415 Å². The normalized spacial score (nSPS) is 11.2. The van der Waals surface area contributed by atoms with Gasteiger partial charge in [0, 0.05) is 72.8 Å². The molecule has 73 heavy (non-hydrogen) atoms. The van der Waals surface area contributed by atoms with Crippen molar-refractivity contribution in [2.45, 2.75) is 22.0 Å². The van der Waals surface area contributed by atoms with Gasteiger partial charge in [0.2, 0.25) is 0 Å². The van der Waals surface area contributed by atoms with E-state index in [9.17, 15) is 118 Å². The van der Waals surface area contributed by atoms with Crippen molar-refractivity contribution in [2.75, 3.05) is 0 Å². The summed E-state index contributed by atoms with van der Waals surface area (Å²) in [6.07, 6.45) is 17.3. The van der Waals surface area contributed by atoms with Crippen LogP contribution < -0.4 is 28.4 Å². The molecule has 407 valence electrons. The Bertz CT molecular complexity index is 2410. The minimum Gasteiger partial charge on any atom is -0.619 e. The van der Waals surface area contributed by atoms with Crippen LogP contribution in [0.15, 0.2) is 184 Å². The standard InChI is InChI=1S/6C5H5NO.2C2F6NO4S2.Co/c6*7-6-4-2-1-3-5-6;2*3-1(4,5)14(10,11)9-15(12,13)2(6,7)8;/h6*1-5H;;;/q;;;;;;2*-1;+2. The van der Waals surface area contributed by atoms with Crippen molar-refractivity contribution in [1.29, 1.82) is 0 Å². The van der Waals surface area contributed by atoms with Crippen LogP contribution in [-0.4, -0.2) is 55.7 Å². The first-order chi connectivity index (χ1) is 32.8. The number of aromatic nitrogens is 6. The number of alkyl halides is 12. The first kappa shape index (κ1) is 70.3. The van der Waals surface area contributed by atoms with Gasteiger partial charge in [0.25, 0.3) is 0 Å². The van der Waals surface area contributed by atoms with Crippen LogP contribution in [0.5, 0.6) is 0 Å². The van der Waals surface area contributed by atoms with E-state index in [1.54, 1.807) is 109 Å². The molecule has 0 unspecified atom stereocenters. The van der Waals surface area contributed by atoms with E-state index in [4.69, 9.17) is 0 Å². The van der Waals surface area contributed by atoms with E-state index in [-0.39, 0.29) is 16.8 Å². The second kappa shape index (κ2) is 32.2. The molecule has 0 aliphatic heterocycles. The van der Waals surface area contributed by atoms with E-state index in [1.807, 2.05) is 0 Å². The van der Waals surface area contributed by atoms with Crippen LogP contribution in [0, 0.1) is 31.2 Å². The SMILES string of the molecule is O=S(=O)([N-]S(=O)(=O)C(F)(F)F)C(F)(F)F.O=S(=O)([N-]S(=O)(=O)C(F)(F)F)C(F)(F)F.[Co+2].[O-][n+]1ccccc1.[O-][n+]1ccccc1.[O-][n+]1ccccc1.[O-][n+]1ccccc1.[O-][n+]1ccccc1.[O-][n+]1ccccc1. The monoisotopic (exact) mass is 1190 g/mol. The third kappa shape index (κ3) is 32.6. The Kier molecular flexibility index (Phi) is 31.0. The maximum Gasteiger partial charge on any atom is 2.00 e. The van der Waals surface area contributed by atoms with E-state index >= 15 is 0 Å². The van der Waals surface area contributed by atoms with Gasteiger partial charge < -0.3 is 39.5 Å². The summed E-state index contributed by atoms with van der Waals surface area (Å²) < 4.78 is 223. The van der Waals surface area contributed by atoms with E-state index in [0.717, 1.165) is 36.6 Å². The van der Waals surface area contributed by atoms with Crippen molar-refractivity contribution in [2.24, 2.45) is 0 Å². The fourth-order valence-electron chi connectivity index (χ4n) is 2.72. The van der Waals surface area contributed by atoms with Crippen LogP contribution in [0.2, 0.25) is 0 Å². The van der Waals surface area contributed by atoms with E-state index in [1.165, 1.54) is 74.4 Å². The van der Waals surface area contributed by atoms with Crippen molar-refractivity contribution < 1.29 is 132 Å². The van der Waals surface area contributed by atoms with Gasteiger partial charge in [0.05, 0.1) is 0 Å². The maximum atomic E-state index is 11.4. The maximum absolute atomic E-state index is 11.4. The van der Waals surface area contributed by atoms with Gasteiger partial charge in [-0.25, -0.2) is 33.7 Å². The van der Waals surface area contributed by atoms with Gasteiger partial charge in [-0.05, 0) is 0 Å². The van der Waals surface area contributed by atoms with Crippen LogP contribution in [0.1, 0.15) is 0 Å². The smallest absolute Gasteiger partial charge is 0.619 e. The number of sulfonamides is 4. The quantitative estimate of drug-likeness (QED) is 0.137. The molecule has 39 heteroatoms. The molecule has 0 aromatic carbocycles. The predicted octanol–water partition coefficient (Wildman–Crippen LogP) is 4.04. The Morgan fingerprint density at radius 2 is 0.342 bits per heavy atom. The molecule has 0 bridgehead atoms. The fourth-order valence-corrected chi connectivity index (χ4v) is 6.14. The van der Waals surface area contributed by atoms with Gasteiger partial charge in [-0.15, -0.1) is 0 Å². The van der Waals surface area contributed by atoms with E-state index < -0.39 is 62.1 Å². The summed E-state index contributed by atoms with van der Waals surface area (Å²) in [7, 11) is -26.9. The first-order valence-corrected chi connectivity index (χ1v) is 23.1. The van der Waals surface area contributed by atoms with Gasteiger partial charge >= 0.3 is 38.8 Å². The summed E-state index contributed by atoms with van der Waals surface area (Å²) in [4.78, 5) is 0. The van der Waals surface area contributed by atoms with Crippen LogP contribution in [0.4, 0.5) is 52.7 Å². The van der Waals surface area contributed by atoms with Crippen molar-refractivity contribution in [3.8, 4) is 0 Å². The molecule has 6 rings (SSSR count). The van der Waals surface area contributed by atoms with Crippen molar-refractivity contribution in [3.05, 3.63) is 223 Å². The van der Waals surface area contributed by atoms with Gasteiger partial charge in [-0.2, -0.15) is 81.1 Å². The summed E-state index contributed by atoms with van der Waals surface area (Å²) >= 11 is 0. The van der Waals surface area contributed by atoms with E-state index in [0.29, 0.717) is 0 Å². The predicted molar refractivity (Wildman–Crippen MR) is 219 cm³/mol. The van der Waals surface area contributed by atoms with Gasteiger partial charge in [-0.3, -0.25) is 0 Å². The molecule has 6 aromatic rings. The van der Waals surface area contributed by atoms with Gasteiger partial charge in [0.1, 0.15) is 0 Å². The summed E-state index contributed by atoms with van der Waals surface area (Å²) in [5.41, 5.74) is -24.8. The molecule has 0 amide bonds. The molecule has 0 saturated carbocycles. The minimum absolute atomic E-state index is 0. The first-order valence-electron chi connectivity index (χ1n) is 17.3. The Hall–Kier alpha value is -6.91. The molecule has 0 N–H and O–H groups in total. The number of hydrogen-bond donors (Lipinski definition) is 0. The third-order valence-corrected chi connectivity index (χ3v) is 11.2. The Balaban J connectivity index is -0.000000783. The van der Waals surface area contributed by atoms with E-state index in [2.05, 4.69) is 0 Å². The van der Waals surface area contributed by atoms with Crippen molar-refractivity contribution in [3.63, 3.8) is 0 Å². The minimum atomic E-state index is -6.72. The summed E-state index contributed by atoms with van der Waals surface area (Å²) in [6.45, 7) is 0. The zero-order chi connectivity index (χ0) is 56.1. The molecule has 6 aromatic heterocycles. The van der Waals surface area contributed by atoms with Gasteiger partial charge in [0.15, 0.2) is 114 Å². The van der Waals surface area contributed by atoms with Crippen LogP contribution >= 0.6 is 0 Å². The van der Waals surface area contributed by atoms with Crippen LogP contribution in [-0.2, 0) is 56.9 Å². The number of pyridine rings is 6. The summed E-state index contributed by atoms with van der Waals surface area (Å²) in [5.74, 6) is 0. The molecule has 1 radical (unpaired) electrons. The second-order valence-electron chi connectivity index (χ2n) is 11.2. The molecule has 0 aliphatic rings.